The lowest BCUT2D eigenvalue weighted by Gasteiger charge is -1.99. The van der Waals surface area contributed by atoms with Crippen LogP contribution >= 0.6 is 0 Å². The second-order valence-corrected chi connectivity index (χ2v) is 1.93. The lowest BCUT2D eigenvalue weighted by Crippen LogP contribution is -1.98. The zero-order chi connectivity index (χ0) is 8.27. The Morgan fingerprint density at radius 1 is 1.64 bits per heavy atom. The van der Waals surface area contributed by atoms with Crippen molar-refractivity contribution in [3.63, 3.8) is 0 Å². The highest BCUT2D eigenvalue weighted by molar-refractivity contribution is 5.72. The molecule has 0 bridgehead atoms. The zero-order valence-electron chi connectivity index (χ0n) is 5.97. The molecule has 0 aliphatic heterocycles. The lowest BCUT2D eigenvalue weighted by molar-refractivity contribution is 0.111. The molecular formula is C7H7FN2O. The molecule has 1 aromatic heterocycles. The summed E-state index contributed by atoms with van der Waals surface area (Å²) in [4.78, 5) is 13.8. The van der Waals surface area contributed by atoms with Gasteiger partial charge in [0.2, 0.25) is 0 Å². The van der Waals surface area contributed by atoms with Gasteiger partial charge in [0.1, 0.15) is 5.69 Å². The lowest BCUT2D eigenvalue weighted by atomic mass is 10.3. The van der Waals surface area contributed by atoms with E-state index in [2.05, 4.69) is 10.3 Å². The third kappa shape index (κ3) is 1.52. The number of halogens is 1. The highest BCUT2D eigenvalue weighted by atomic mass is 19.1. The van der Waals surface area contributed by atoms with Gasteiger partial charge in [0.15, 0.2) is 17.9 Å². The van der Waals surface area contributed by atoms with E-state index in [0.717, 1.165) is 0 Å². The maximum Gasteiger partial charge on any atom is 0.168 e. The number of pyridine rings is 1. The summed E-state index contributed by atoms with van der Waals surface area (Å²) in [7, 11) is 1.54. The molecule has 11 heavy (non-hydrogen) atoms. The van der Waals surface area contributed by atoms with Gasteiger partial charge in [-0.3, -0.25) is 4.79 Å². The first-order chi connectivity index (χ1) is 5.27. The van der Waals surface area contributed by atoms with Gasteiger partial charge >= 0.3 is 0 Å². The van der Waals surface area contributed by atoms with Crippen LogP contribution in [0.15, 0.2) is 12.1 Å². The molecule has 1 heterocycles. The van der Waals surface area contributed by atoms with Gasteiger partial charge in [-0.2, -0.15) is 0 Å². The maximum atomic E-state index is 12.7. The maximum absolute atomic E-state index is 12.7. The Balaban J connectivity index is 3.12. The molecule has 1 aromatic rings. The molecule has 0 saturated heterocycles. The Morgan fingerprint density at radius 3 is 2.91 bits per heavy atom. The molecule has 1 rings (SSSR count). The van der Waals surface area contributed by atoms with Gasteiger partial charge in [0.25, 0.3) is 0 Å². The van der Waals surface area contributed by atoms with Crippen LogP contribution in [-0.4, -0.2) is 18.3 Å². The molecule has 0 aliphatic rings. The van der Waals surface area contributed by atoms with Crippen molar-refractivity contribution < 1.29 is 9.18 Å². The van der Waals surface area contributed by atoms with E-state index in [1.165, 1.54) is 12.1 Å². The van der Waals surface area contributed by atoms with E-state index in [0.29, 0.717) is 6.29 Å². The van der Waals surface area contributed by atoms with Gasteiger partial charge in [-0.05, 0) is 12.1 Å². The normalized spacial score (nSPS) is 9.27. The minimum absolute atomic E-state index is 0.0922. The van der Waals surface area contributed by atoms with E-state index in [1.54, 1.807) is 7.05 Å². The van der Waals surface area contributed by atoms with Gasteiger partial charge in [-0.1, -0.05) is 0 Å². The van der Waals surface area contributed by atoms with E-state index in [4.69, 9.17) is 0 Å². The van der Waals surface area contributed by atoms with Crippen LogP contribution in [-0.2, 0) is 0 Å². The van der Waals surface area contributed by atoms with Crippen molar-refractivity contribution in [1.29, 1.82) is 0 Å². The monoisotopic (exact) mass is 154 g/mol. The summed E-state index contributed by atoms with van der Waals surface area (Å²) in [5, 5.41) is 2.52. The molecule has 0 aliphatic carbocycles. The summed E-state index contributed by atoms with van der Waals surface area (Å²) in [6.07, 6.45) is 0.570. The second-order valence-electron chi connectivity index (χ2n) is 1.93. The van der Waals surface area contributed by atoms with Crippen LogP contribution < -0.4 is 5.32 Å². The fraction of sp³-hybridized carbons (Fsp3) is 0.143. The summed E-state index contributed by atoms with van der Waals surface area (Å²) in [5.74, 6) is -0.368. The second kappa shape index (κ2) is 3.09. The summed E-state index contributed by atoms with van der Waals surface area (Å²) in [6.45, 7) is 0. The number of carbonyl (C=O) groups is 1. The van der Waals surface area contributed by atoms with E-state index < -0.39 is 5.82 Å². The molecule has 4 heteroatoms. The number of aldehydes is 1. The molecule has 3 nitrogen and oxygen atoms in total. The topological polar surface area (TPSA) is 42.0 Å². The van der Waals surface area contributed by atoms with E-state index in [1.807, 2.05) is 0 Å². The molecule has 0 atom stereocenters. The number of carbonyl (C=O) groups excluding carboxylic acids is 1. The third-order valence-corrected chi connectivity index (χ3v) is 1.23. The summed E-state index contributed by atoms with van der Waals surface area (Å²) in [6, 6.07) is 2.52. The first-order valence-electron chi connectivity index (χ1n) is 3.07. The smallest absolute Gasteiger partial charge is 0.168 e. The number of hydrogen-bond acceptors (Lipinski definition) is 3. The van der Waals surface area contributed by atoms with Crippen molar-refractivity contribution in [3.8, 4) is 0 Å². The molecule has 0 spiro atoms. The third-order valence-electron chi connectivity index (χ3n) is 1.23. The molecule has 1 N–H and O–H groups in total. The van der Waals surface area contributed by atoms with Crippen molar-refractivity contribution >= 4 is 12.1 Å². The Hall–Kier alpha value is -1.45. The molecule has 0 amide bonds. The predicted molar refractivity (Wildman–Crippen MR) is 39.1 cm³/mol. The van der Waals surface area contributed by atoms with Crippen molar-refractivity contribution in [1.82, 2.24) is 4.98 Å². The Kier molecular flexibility index (Phi) is 2.15. The highest BCUT2D eigenvalue weighted by Gasteiger charge is 2.01. The van der Waals surface area contributed by atoms with Crippen LogP contribution in [0.25, 0.3) is 0 Å². The largest absolute Gasteiger partial charge is 0.371 e. The molecule has 0 saturated carbocycles. The SMILES string of the molecule is CNc1nc(C=O)ccc1F. The van der Waals surface area contributed by atoms with E-state index in [9.17, 15) is 9.18 Å². The number of rotatable bonds is 2. The van der Waals surface area contributed by atoms with Crippen molar-refractivity contribution in [2.75, 3.05) is 12.4 Å². The van der Waals surface area contributed by atoms with Gasteiger partial charge < -0.3 is 5.32 Å². The average molecular weight is 154 g/mol. The minimum Gasteiger partial charge on any atom is -0.371 e. The highest BCUT2D eigenvalue weighted by Crippen LogP contribution is 2.08. The first kappa shape index (κ1) is 7.65. The Bertz CT molecular complexity index is 275. The summed E-state index contributed by atoms with van der Waals surface area (Å²) in [5.41, 5.74) is 0.218. The molecule has 0 radical (unpaired) electrons. The first-order valence-corrected chi connectivity index (χ1v) is 3.07. The molecular weight excluding hydrogens is 147 g/mol. The van der Waals surface area contributed by atoms with Crippen LogP contribution in [0.5, 0.6) is 0 Å². The van der Waals surface area contributed by atoms with Gasteiger partial charge in [-0.25, -0.2) is 9.37 Å². The van der Waals surface area contributed by atoms with Crippen LogP contribution in [0, 0.1) is 5.82 Å². The minimum atomic E-state index is -0.460. The van der Waals surface area contributed by atoms with Gasteiger partial charge in [0.05, 0.1) is 0 Å². The van der Waals surface area contributed by atoms with Gasteiger partial charge in [0, 0.05) is 7.05 Å². The van der Waals surface area contributed by atoms with Crippen molar-refractivity contribution in [3.05, 3.63) is 23.6 Å². The summed E-state index contributed by atoms with van der Waals surface area (Å²) < 4.78 is 12.7. The predicted octanol–water partition coefficient (Wildman–Crippen LogP) is 1.07. The number of aromatic nitrogens is 1. The number of nitrogens with one attached hydrogen (secondary N) is 1. The summed E-state index contributed by atoms with van der Waals surface area (Å²) >= 11 is 0. The molecule has 0 fully saturated rings. The van der Waals surface area contributed by atoms with E-state index in [-0.39, 0.29) is 11.5 Å². The number of anilines is 1. The average Bonchev–Trinajstić information content (AvgIpc) is 2.05. The molecule has 58 valence electrons. The van der Waals surface area contributed by atoms with Crippen molar-refractivity contribution in [2.45, 2.75) is 0 Å². The van der Waals surface area contributed by atoms with Crippen LogP contribution in [0.1, 0.15) is 10.5 Å². The van der Waals surface area contributed by atoms with Crippen molar-refractivity contribution in [2.24, 2.45) is 0 Å². The number of nitrogens with zero attached hydrogens (tertiary/aromatic N) is 1. The molecule has 0 aromatic carbocycles. The van der Waals surface area contributed by atoms with Gasteiger partial charge in [-0.15, -0.1) is 0 Å². The quantitative estimate of drug-likeness (QED) is 0.648. The number of hydrogen-bond donors (Lipinski definition) is 1. The zero-order valence-corrected chi connectivity index (χ0v) is 5.97. The Morgan fingerprint density at radius 2 is 2.36 bits per heavy atom. The molecule has 0 unspecified atom stereocenters. The van der Waals surface area contributed by atoms with Crippen LogP contribution in [0.3, 0.4) is 0 Å². The van der Waals surface area contributed by atoms with E-state index >= 15 is 0 Å². The van der Waals surface area contributed by atoms with Crippen LogP contribution in [0.2, 0.25) is 0 Å². The van der Waals surface area contributed by atoms with Crippen LogP contribution in [0.4, 0.5) is 10.2 Å². The Labute approximate surface area is 63.3 Å². The fourth-order valence-electron chi connectivity index (χ4n) is 0.698. The standard InChI is InChI=1S/C7H7FN2O/c1-9-7-6(8)3-2-5(4-11)10-7/h2-4H,1H3,(H,9,10). The fourth-order valence-corrected chi connectivity index (χ4v) is 0.698.